The van der Waals surface area contributed by atoms with Crippen LogP contribution in [0.1, 0.15) is 68.4 Å². The number of allylic oxidation sites excluding steroid dienone is 1. The maximum Gasteiger partial charge on any atom is 0.248 e. The number of aryl methyl sites for hydroxylation is 1. The van der Waals surface area contributed by atoms with Gasteiger partial charge in [0.1, 0.15) is 6.04 Å². The highest BCUT2D eigenvalue weighted by atomic mass is 16.5. The first-order chi connectivity index (χ1) is 17.5. The quantitative estimate of drug-likeness (QED) is 0.255. The van der Waals surface area contributed by atoms with Crippen molar-refractivity contribution in [3.63, 3.8) is 0 Å². The zero-order chi connectivity index (χ0) is 27.1. The van der Waals surface area contributed by atoms with Gasteiger partial charge in [0, 0.05) is 24.6 Å². The Labute approximate surface area is 218 Å². The van der Waals surface area contributed by atoms with Crippen LogP contribution in [0, 0.1) is 34.0 Å². The van der Waals surface area contributed by atoms with Crippen molar-refractivity contribution in [1.82, 2.24) is 10.2 Å². The Kier molecular flexibility index (Phi) is 7.24. The second-order valence-electron chi connectivity index (χ2n) is 10.7. The van der Waals surface area contributed by atoms with Crippen LogP contribution in [0.5, 0.6) is 0 Å². The Morgan fingerprint density at radius 1 is 1.38 bits per heavy atom. The van der Waals surface area contributed by atoms with Crippen molar-refractivity contribution in [3.8, 4) is 6.07 Å². The van der Waals surface area contributed by atoms with Gasteiger partial charge < -0.3 is 20.7 Å². The van der Waals surface area contributed by atoms with E-state index in [9.17, 15) is 14.9 Å². The molecule has 0 bridgehead atoms. The van der Waals surface area contributed by atoms with Gasteiger partial charge in [0.05, 0.1) is 18.0 Å². The predicted molar refractivity (Wildman–Crippen MR) is 140 cm³/mol. The van der Waals surface area contributed by atoms with E-state index in [-0.39, 0.29) is 42.4 Å². The van der Waals surface area contributed by atoms with E-state index < -0.39 is 11.3 Å². The third kappa shape index (κ3) is 4.78. The van der Waals surface area contributed by atoms with E-state index in [1.54, 1.807) is 17.0 Å². The maximum atomic E-state index is 13.1. The summed E-state index contributed by atoms with van der Waals surface area (Å²) in [4.78, 5) is 26.7. The normalized spacial score (nSPS) is 28.6. The van der Waals surface area contributed by atoms with Gasteiger partial charge in [0.25, 0.3) is 0 Å². The van der Waals surface area contributed by atoms with Crippen LogP contribution in [0.2, 0.25) is 0 Å². The average Bonchev–Trinajstić information content (AvgIpc) is 3.32. The summed E-state index contributed by atoms with van der Waals surface area (Å²) >= 11 is 0. The van der Waals surface area contributed by atoms with E-state index in [0.717, 1.165) is 29.5 Å². The van der Waals surface area contributed by atoms with Gasteiger partial charge in [-0.3, -0.25) is 20.4 Å². The molecule has 0 radical (unpaired) electrons. The van der Waals surface area contributed by atoms with Crippen molar-refractivity contribution in [1.29, 1.82) is 16.1 Å². The molecule has 1 aromatic rings. The molecule has 1 aromatic carbocycles. The molecule has 1 aliphatic heterocycles. The number of hydrogen-bond acceptors (Lipinski definition) is 7. The molecule has 1 saturated carbocycles. The smallest absolute Gasteiger partial charge is 0.248 e. The van der Waals surface area contributed by atoms with Gasteiger partial charge in [0.15, 0.2) is 5.90 Å². The van der Waals surface area contributed by atoms with E-state index in [2.05, 4.69) is 24.4 Å². The zero-order valence-corrected chi connectivity index (χ0v) is 21.9. The van der Waals surface area contributed by atoms with Crippen molar-refractivity contribution < 1.29 is 14.3 Å². The lowest BCUT2D eigenvalue weighted by Gasteiger charge is -2.38. The third-order valence-electron chi connectivity index (χ3n) is 8.35. The second kappa shape index (κ2) is 10.1. The van der Waals surface area contributed by atoms with Crippen LogP contribution in [0.4, 0.5) is 0 Å². The molecule has 4 rings (SSSR count). The van der Waals surface area contributed by atoms with E-state index in [4.69, 9.17) is 21.3 Å². The Balaban J connectivity index is 1.61. The van der Waals surface area contributed by atoms with E-state index in [1.165, 1.54) is 6.92 Å². The lowest BCUT2D eigenvalue weighted by atomic mass is 9.69. The number of nitriles is 1. The summed E-state index contributed by atoms with van der Waals surface area (Å²) in [6.45, 7) is 7.64. The number of amides is 2. The summed E-state index contributed by atoms with van der Waals surface area (Å²) in [5.74, 6) is 0.126. The second-order valence-corrected chi connectivity index (χ2v) is 10.7. The number of piperidine rings is 1. The van der Waals surface area contributed by atoms with Gasteiger partial charge >= 0.3 is 0 Å². The number of benzene rings is 1. The number of carbonyl (C=O) groups is 2. The van der Waals surface area contributed by atoms with Gasteiger partial charge in [-0.15, -0.1) is 0 Å². The third-order valence-corrected chi connectivity index (χ3v) is 8.35. The van der Waals surface area contributed by atoms with Crippen LogP contribution in [-0.2, 0) is 21.4 Å². The van der Waals surface area contributed by atoms with E-state index in [0.29, 0.717) is 30.2 Å². The molecule has 37 heavy (non-hydrogen) atoms. The number of fused-ring (bicyclic) bond motifs is 2. The highest BCUT2D eigenvalue weighted by Gasteiger charge is 2.60. The number of nitrogens with zero attached hydrogens (tertiary/aromatic N) is 2. The molecule has 6 atom stereocenters. The van der Waals surface area contributed by atoms with Gasteiger partial charge in [-0.1, -0.05) is 24.6 Å². The molecule has 2 fully saturated rings. The van der Waals surface area contributed by atoms with Crippen LogP contribution < -0.4 is 11.1 Å². The molecule has 9 heteroatoms. The van der Waals surface area contributed by atoms with Crippen LogP contribution in [0.25, 0.3) is 0 Å². The highest BCUT2D eigenvalue weighted by molar-refractivity contribution is 5.98. The molecular formula is C28H36N6O3. The average molecular weight is 505 g/mol. The molecule has 1 heterocycles. The van der Waals surface area contributed by atoms with Crippen LogP contribution in [0.3, 0.4) is 0 Å². The molecular weight excluding hydrogens is 468 g/mol. The Hall–Kier alpha value is -3.51. The molecule has 0 spiro atoms. The number of nitrogens with one attached hydrogen (secondary N) is 3. The monoisotopic (exact) mass is 504 g/mol. The molecule has 2 aliphatic carbocycles. The summed E-state index contributed by atoms with van der Waals surface area (Å²) in [5, 5.41) is 29.7. The molecule has 0 aromatic heterocycles. The number of rotatable bonds is 7. The van der Waals surface area contributed by atoms with Crippen LogP contribution in [-0.4, -0.2) is 53.2 Å². The first-order valence-electron chi connectivity index (χ1n) is 12.9. The predicted octanol–water partition coefficient (Wildman–Crippen LogP) is 3.03. The first-order valence-corrected chi connectivity index (χ1v) is 12.9. The van der Waals surface area contributed by atoms with Gasteiger partial charge in [-0.2, -0.15) is 5.26 Å². The van der Waals surface area contributed by atoms with Crippen LogP contribution >= 0.6 is 0 Å². The number of hydrogen-bond donors (Lipinski definition) is 4. The Morgan fingerprint density at radius 3 is 2.76 bits per heavy atom. The fourth-order valence-electron chi connectivity index (χ4n) is 6.36. The summed E-state index contributed by atoms with van der Waals surface area (Å²) < 4.78 is 5.62. The van der Waals surface area contributed by atoms with Gasteiger partial charge in [0.2, 0.25) is 17.7 Å². The fourth-order valence-corrected chi connectivity index (χ4v) is 6.36. The minimum Gasteiger partial charge on any atom is -0.429 e. The SMILES string of the molecule is CC(=N)OC(=N)C1(CC(C)NCC(=O)N2C(C#N)CC3C(C)C32)C(C)=CCCc2cc(C(N)=O)ccc21. The molecule has 2 amide bonds. The van der Waals surface area contributed by atoms with Crippen molar-refractivity contribution in [3.05, 3.63) is 46.5 Å². The van der Waals surface area contributed by atoms with Crippen molar-refractivity contribution in [2.24, 2.45) is 17.6 Å². The largest absolute Gasteiger partial charge is 0.429 e. The minimum absolute atomic E-state index is 0.0672. The standard InChI is InChI=1S/C28H36N6O3/c1-15-6-5-7-19-10-20(26(31)36)8-9-23(19)28(15,27(32)37-18(4)30)12-16(2)33-14-24(35)34-21(13-29)11-22-17(3)25(22)34/h6,8-10,16-17,21-22,25,30,32-33H,5,7,11-12,14H2,1-4H3,(H2,31,36). The number of carbonyl (C=O) groups excluding carboxylic acids is 2. The number of ether oxygens (including phenoxy) is 1. The molecule has 9 nitrogen and oxygen atoms in total. The van der Waals surface area contributed by atoms with Gasteiger partial charge in [-0.05, 0) is 74.6 Å². The van der Waals surface area contributed by atoms with E-state index >= 15 is 0 Å². The topological polar surface area (TPSA) is 156 Å². The number of likely N-dealkylation sites (tertiary alicyclic amines) is 1. The molecule has 6 unspecified atom stereocenters. The lowest BCUT2D eigenvalue weighted by molar-refractivity contribution is -0.131. The number of primary amides is 1. The Morgan fingerprint density at radius 2 is 2.11 bits per heavy atom. The summed E-state index contributed by atoms with van der Waals surface area (Å²) in [6, 6.07) is 7.16. The molecule has 1 saturated heterocycles. The van der Waals surface area contributed by atoms with E-state index in [1.807, 2.05) is 19.9 Å². The maximum absolute atomic E-state index is 13.1. The van der Waals surface area contributed by atoms with Crippen molar-refractivity contribution >= 4 is 23.6 Å². The van der Waals surface area contributed by atoms with Gasteiger partial charge in [-0.25, -0.2) is 0 Å². The van der Waals surface area contributed by atoms with Crippen molar-refractivity contribution in [2.75, 3.05) is 6.54 Å². The summed E-state index contributed by atoms with van der Waals surface area (Å²) in [5.41, 5.74) is 7.62. The fraction of sp³-hybridized carbons (Fsp3) is 0.536. The molecule has 196 valence electrons. The minimum atomic E-state index is -0.987. The Bertz CT molecular complexity index is 1220. The zero-order valence-electron chi connectivity index (χ0n) is 21.9. The number of nitrogens with two attached hydrogens (primary N) is 1. The lowest BCUT2D eigenvalue weighted by Crippen LogP contribution is -2.48. The highest BCUT2D eigenvalue weighted by Crippen LogP contribution is 2.52. The molecule has 3 aliphatic rings. The van der Waals surface area contributed by atoms with Crippen molar-refractivity contribution in [2.45, 2.75) is 76.9 Å². The molecule has 5 N–H and O–H groups in total. The van der Waals surface area contributed by atoms with Crippen LogP contribution in [0.15, 0.2) is 29.8 Å². The first kappa shape index (κ1) is 26.6. The summed E-state index contributed by atoms with van der Waals surface area (Å²) in [6.07, 6.45) is 4.64. The summed E-state index contributed by atoms with van der Waals surface area (Å²) in [7, 11) is 0.